The summed E-state index contributed by atoms with van der Waals surface area (Å²) in [6, 6.07) is 9.51. The van der Waals surface area contributed by atoms with Gasteiger partial charge in [0.05, 0.1) is 12.1 Å². The molecule has 0 fully saturated rings. The minimum absolute atomic E-state index is 0.337. The number of amides is 2. The fourth-order valence-corrected chi connectivity index (χ4v) is 2.97. The Labute approximate surface area is 129 Å². The van der Waals surface area contributed by atoms with Gasteiger partial charge in [-0.25, -0.2) is 9.48 Å². The lowest BCUT2D eigenvalue weighted by Gasteiger charge is -2.29. The number of fused-ring (bicyclic) bond motifs is 1. The zero-order valence-corrected chi connectivity index (χ0v) is 12.9. The lowest BCUT2D eigenvalue weighted by atomic mass is 10.2. The third-order valence-electron chi connectivity index (χ3n) is 3.29. The van der Waals surface area contributed by atoms with E-state index in [1.165, 1.54) is 4.90 Å². The number of nitrogens with one attached hydrogen (secondary N) is 1. The van der Waals surface area contributed by atoms with Crippen molar-refractivity contribution < 1.29 is 9.90 Å². The van der Waals surface area contributed by atoms with E-state index in [9.17, 15) is 9.90 Å². The topological polar surface area (TPSA) is 70.4 Å². The number of urea groups is 1. The highest BCUT2D eigenvalue weighted by molar-refractivity contribution is 14.1. The van der Waals surface area contributed by atoms with Crippen molar-refractivity contribution in [1.29, 1.82) is 0 Å². The zero-order valence-electron chi connectivity index (χ0n) is 10.7. The first kappa shape index (κ1) is 13.4. The van der Waals surface area contributed by atoms with Gasteiger partial charge in [-0.15, -0.1) is 0 Å². The molecule has 6 nitrogen and oxygen atoms in total. The second-order valence-corrected chi connectivity index (χ2v) is 5.63. The number of halogens is 1. The molecule has 2 heterocycles. The quantitative estimate of drug-likeness (QED) is 0.779. The molecule has 1 aliphatic heterocycles. The van der Waals surface area contributed by atoms with Gasteiger partial charge in [-0.2, -0.15) is 5.10 Å². The molecule has 3 rings (SSSR count). The van der Waals surface area contributed by atoms with Gasteiger partial charge >= 0.3 is 6.03 Å². The molecule has 0 bridgehead atoms. The summed E-state index contributed by atoms with van der Waals surface area (Å²) in [4.78, 5) is 13.0. The van der Waals surface area contributed by atoms with Crippen LogP contribution in [0.3, 0.4) is 0 Å². The number of benzene rings is 1. The van der Waals surface area contributed by atoms with Crippen LogP contribution in [0, 0.1) is 3.70 Å². The van der Waals surface area contributed by atoms with Crippen molar-refractivity contribution in [1.82, 2.24) is 14.7 Å². The molecule has 0 saturated carbocycles. The smallest absolute Gasteiger partial charge is 0.325 e. The molecule has 20 heavy (non-hydrogen) atoms. The van der Waals surface area contributed by atoms with Crippen LogP contribution in [0.5, 0.6) is 0 Å². The maximum atomic E-state index is 11.8. The first-order valence-electron chi connectivity index (χ1n) is 6.10. The van der Waals surface area contributed by atoms with E-state index in [0.29, 0.717) is 21.6 Å². The first-order valence-corrected chi connectivity index (χ1v) is 7.18. The Hall–Kier alpha value is -1.61. The van der Waals surface area contributed by atoms with Gasteiger partial charge in [-0.3, -0.25) is 10.2 Å². The number of aliphatic hydroxyl groups excluding tert-OH is 1. The van der Waals surface area contributed by atoms with Gasteiger partial charge in [0.25, 0.3) is 0 Å². The Morgan fingerprint density at radius 1 is 1.40 bits per heavy atom. The lowest BCUT2D eigenvalue weighted by molar-refractivity contribution is 0.0467. The minimum Gasteiger partial charge on any atom is -0.369 e. The Bertz CT molecular complexity index is 656. The summed E-state index contributed by atoms with van der Waals surface area (Å²) in [5.41, 5.74) is 1.72. The number of nitrogens with zero attached hydrogens (tertiary/aromatic N) is 3. The average molecular weight is 384 g/mol. The summed E-state index contributed by atoms with van der Waals surface area (Å²) < 4.78 is 2.40. The molecule has 2 N–H and O–H groups in total. The maximum absolute atomic E-state index is 11.8. The van der Waals surface area contributed by atoms with Crippen molar-refractivity contribution in [2.24, 2.45) is 0 Å². The highest BCUT2D eigenvalue weighted by atomic mass is 127. The predicted octanol–water partition coefficient (Wildman–Crippen LogP) is 2.00. The minimum atomic E-state index is -0.963. The van der Waals surface area contributed by atoms with Crippen LogP contribution in [0.1, 0.15) is 17.4 Å². The molecule has 0 spiro atoms. The number of carbonyl (C=O) groups is 1. The van der Waals surface area contributed by atoms with Crippen molar-refractivity contribution in [2.45, 2.75) is 12.8 Å². The molecule has 104 valence electrons. The Morgan fingerprint density at radius 2 is 2.10 bits per heavy atom. The van der Waals surface area contributed by atoms with Crippen molar-refractivity contribution in [3.8, 4) is 0 Å². The molecule has 0 aliphatic carbocycles. The number of aliphatic hydroxyl groups is 1. The van der Waals surface area contributed by atoms with E-state index in [0.717, 1.165) is 5.56 Å². The number of anilines is 1. The normalized spacial score (nSPS) is 17.9. The van der Waals surface area contributed by atoms with Crippen molar-refractivity contribution in [2.75, 3.05) is 12.4 Å². The van der Waals surface area contributed by atoms with Crippen LogP contribution in [0.2, 0.25) is 0 Å². The number of rotatable bonds is 2. The highest BCUT2D eigenvalue weighted by Gasteiger charge is 2.34. The van der Waals surface area contributed by atoms with Crippen LogP contribution in [0.4, 0.5) is 10.6 Å². The molecule has 7 heteroatoms. The van der Waals surface area contributed by atoms with E-state index in [2.05, 4.69) is 33.0 Å². The number of aromatic nitrogens is 2. The van der Waals surface area contributed by atoms with Crippen molar-refractivity contribution in [3.05, 3.63) is 45.2 Å². The van der Waals surface area contributed by atoms with Crippen LogP contribution in [-0.4, -0.2) is 32.9 Å². The van der Waals surface area contributed by atoms with E-state index in [1.807, 2.05) is 30.3 Å². The van der Waals surface area contributed by atoms with Gasteiger partial charge < -0.3 is 5.11 Å². The van der Waals surface area contributed by atoms with Crippen LogP contribution < -0.4 is 5.32 Å². The summed E-state index contributed by atoms with van der Waals surface area (Å²) in [6.45, 7) is 0.545. The molecule has 1 unspecified atom stereocenters. The molecule has 1 aliphatic rings. The monoisotopic (exact) mass is 384 g/mol. The fourth-order valence-electron chi connectivity index (χ4n) is 2.17. The number of hydrogen-bond donors (Lipinski definition) is 2. The molecule has 2 aromatic rings. The van der Waals surface area contributed by atoms with Crippen LogP contribution in [0.15, 0.2) is 30.3 Å². The van der Waals surface area contributed by atoms with E-state index in [1.54, 1.807) is 11.7 Å². The van der Waals surface area contributed by atoms with E-state index >= 15 is 0 Å². The van der Waals surface area contributed by atoms with E-state index in [-0.39, 0.29) is 6.03 Å². The first-order chi connectivity index (χ1) is 9.58. The van der Waals surface area contributed by atoms with E-state index in [4.69, 9.17) is 0 Å². The Balaban J connectivity index is 2.01. The van der Waals surface area contributed by atoms with Gasteiger partial charge in [0, 0.05) is 7.05 Å². The molecule has 1 aromatic heterocycles. The van der Waals surface area contributed by atoms with Gasteiger partial charge in [-0.1, -0.05) is 30.3 Å². The second kappa shape index (κ2) is 5.06. The second-order valence-electron chi connectivity index (χ2n) is 4.61. The highest BCUT2D eigenvalue weighted by Crippen LogP contribution is 2.34. The van der Waals surface area contributed by atoms with Crippen LogP contribution in [-0.2, 0) is 6.54 Å². The summed E-state index contributed by atoms with van der Waals surface area (Å²) in [5.74, 6) is 0.564. The molecule has 0 radical (unpaired) electrons. The molecule has 1 aromatic carbocycles. The maximum Gasteiger partial charge on any atom is 0.325 e. The summed E-state index contributed by atoms with van der Waals surface area (Å²) in [6.07, 6.45) is -0.963. The van der Waals surface area contributed by atoms with Crippen molar-refractivity contribution >= 4 is 34.4 Å². The molecular formula is C13H13IN4O2. The van der Waals surface area contributed by atoms with Gasteiger partial charge in [-0.05, 0) is 28.2 Å². The molecular weight excluding hydrogens is 371 g/mol. The number of carbonyl (C=O) groups excluding carboxylic acids is 1. The molecule has 1 atom stereocenters. The van der Waals surface area contributed by atoms with Crippen LogP contribution in [0.25, 0.3) is 0 Å². The summed E-state index contributed by atoms with van der Waals surface area (Å²) in [5, 5.41) is 17.3. The SMILES string of the molecule is CN1C(=O)Nc2c(c(I)nn2Cc2ccccc2)C1O. The Morgan fingerprint density at radius 3 is 2.80 bits per heavy atom. The van der Waals surface area contributed by atoms with E-state index < -0.39 is 6.23 Å². The standard InChI is InChI=1S/C13H13IN4O2/c1-17-12(19)9-10(14)16-18(11(9)15-13(17)20)7-8-5-3-2-4-6-8/h2-6,12,19H,7H2,1H3,(H,15,20). The van der Waals surface area contributed by atoms with Crippen molar-refractivity contribution in [3.63, 3.8) is 0 Å². The fraction of sp³-hybridized carbons (Fsp3) is 0.231. The van der Waals surface area contributed by atoms with Gasteiger partial charge in [0.1, 0.15) is 9.52 Å². The van der Waals surface area contributed by atoms with Gasteiger partial charge in [0.2, 0.25) is 0 Å². The van der Waals surface area contributed by atoms with Crippen LogP contribution >= 0.6 is 22.6 Å². The zero-order chi connectivity index (χ0) is 14.3. The number of hydrogen-bond acceptors (Lipinski definition) is 3. The average Bonchev–Trinajstić information content (AvgIpc) is 2.73. The molecule has 2 amide bonds. The van der Waals surface area contributed by atoms with Gasteiger partial charge in [0.15, 0.2) is 6.23 Å². The predicted molar refractivity (Wildman–Crippen MR) is 82.2 cm³/mol. The summed E-state index contributed by atoms with van der Waals surface area (Å²) >= 11 is 2.07. The third-order valence-corrected chi connectivity index (χ3v) is 4.09. The largest absolute Gasteiger partial charge is 0.369 e. The molecule has 0 saturated heterocycles. The lowest BCUT2D eigenvalue weighted by Crippen LogP contribution is -2.40. The third kappa shape index (κ3) is 2.16. The summed E-state index contributed by atoms with van der Waals surface area (Å²) in [7, 11) is 1.55. The Kier molecular flexibility index (Phi) is 3.38.